The van der Waals surface area contributed by atoms with Gasteiger partial charge in [-0.1, -0.05) is 18.2 Å². The first-order chi connectivity index (χ1) is 11.5. The van der Waals surface area contributed by atoms with Gasteiger partial charge in [-0.25, -0.2) is 9.78 Å². The van der Waals surface area contributed by atoms with E-state index >= 15 is 0 Å². The number of hydrogen-bond acceptors (Lipinski definition) is 2. The monoisotopic (exact) mass is 319 g/mol. The number of rotatable bonds is 3. The van der Waals surface area contributed by atoms with Crippen molar-refractivity contribution in [2.45, 2.75) is 44.9 Å². The van der Waals surface area contributed by atoms with Crippen molar-refractivity contribution in [1.29, 1.82) is 0 Å². The summed E-state index contributed by atoms with van der Waals surface area (Å²) in [6.45, 7) is 4.30. The number of carboxylic acids is 1. The molecule has 1 N–H and O–H groups in total. The second kappa shape index (κ2) is 5.59. The van der Waals surface area contributed by atoms with Crippen LogP contribution in [0.25, 0.3) is 11.6 Å². The highest BCUT2D eigenvalue weighted by atomic mass is 16.4. The minimum Gasteiger partial charge on any atom is -0.477 e. The van der Waals surface area contributed by atoms with Gasteiger partial charge in [-0.3, -0.25) is 0 Å². The van der Waals surface area contributed by atoms with Gasteiger partial charge < -0.3 is 5.11 Å². The Bertz CT molecular complexity index is 849. The molecule has 1 saturated carbocycles. The van der Waals surface area contributed by atoms with Gasteiger partial charge >= 0.3 is 5.97 Å². The summed E-state index contributed by atoms with van der Waals surface area (Å²) in [6, 6.07) is 8.14. The quantitative estimate of drug-likeness (QED) is 0.865. The van der Waals surface area contributed by atoms with Crippen molar-refractivity contribution in [1.82, 2.24) is 4.98 Å². The maximum atomic E-state index is 10.9. The van der Waals surface area contributed by atoms with Gasteiger partial charge in [0, 0.05) is 6.20 Å². The predicted molar refractivity (Wildman–Crippen MR) is 95.3 cm³/mol. The van der Waals surface area contributed by atoms with Crippen molar-refractivity contribution in [2.24, 2.45) is 0 Å². The van der Waals surface area contributed by atoms with Crippen molar-refractivity contribution >= 4 is 17.6 Å². The first-order valence-electron chi connectivity index (χ1n) is 8.55. The van der Waals surface area contributed by atoms with Crippen LogP contribution in [0.1, 0.15) is 76.3 Å². The van der Waals surface area contributed by atoms with E-state index in [9.17, 15) is 4.79 Å². The van der Waals surface area contributed by atoms with Gasteiger partial charge in [0.1, 0.15) is 5.69 Å². The zero-order valence-electron chi connectivity index (χ0n) is 14.0. The molecule has 1 heterocycles. The summed E-state index contributed by atoms with van der Waals surface area (Å²) < 4.78 is 0. The number of aromatic nitrogens is 1. The highest BCUT2D eigenvalue weighted by Crippen LogP contribution is 2.53. The fourth-order valence-corrected chi connectivity index (χ4v) is 4.37. The molecule has 2 aliphatic rings. The van der Waals surface area contributed by atoms with Crippen molar-refractivity contribution < 1.29 is 9.90 Å². The minimum atomic E-state index is -0.994. The lowest BCUT2D eigenvalue weighted by Crippen LogP contribution is -2.01. The van der Waals surface area contributed by atoms with E-state index in [1.165, 1.54) is 36.0 Å². The molecule has 122 valence electrons. The number of benzene rings is 1. The topological polar surface area (TPSA) is 50.2 Å². The number of nitrogens with zero attached hydrogens (tertiary/aromatic N) is 1. The van der Waals surface area contributed by atoms with Gasteiger partial charge in [0.2, 0.25) is 0 Å². The molecule has 1 aromatic heterocycles. The van der Waals surface area contributed by atoms with E-state index in [2.05, 4.69) is 37.0 Å². The molecule has 0 radical (unpaired) electrons. The summed E-state index contributed by atoms with van der Waals surface area (Å²) in [5.41, 5.74) is 7.96. The third-order valence-electron chi connectivity index (χ3n) is 5.56. The Morgan fingerprint density at radius 2 is 1.92 bits per heavy atom. The SMILES string of the molecule is C/C(=C\c1ccc(C(=O)O)nc1)c1cc2c(cc1C)C1CCC2C1. The van der Waals surface area contributed by atoms with Crippen LogP contribution in [-0.2, 0) is 0 Å². The summed E-state index contributed by atoms with van der Waals surface area (Å²) >= 11 is 0. The second-order valence-electron chi connectivity index (χ2n) is 7.11. The van der Waals surface area contributed by atoms with Crippen molar-refractivity contribution in [2.75, 3.05) is 0 Å². The minimum absolute atomic E-state index is 0.0783. The maximum absolute atomic E-state index is 10.9. The largest absolute Gasteiger partial charge is 0.477 e. The Balaban J connectivity index is 1.68. The molecule has 0 spiro atoms. The molecular weight excluding hydrogens is 298 g/mol. The van der Waals surface area contributed by atoms with Crippen LogP contribution in [-0.4, -0.2) is 16.1 Å². The molecule has 1 aromatic carbocycles. The Morgan fingerprint density at radius 3 is 2.54 bits per heavy atom. The Morgan fingerprint density at radius 1 is 1.21 bits per heavy atom. The summed E-state index contributed by atoms with van der Waals surface area (Å²) in [6.07, 6.45) is 7.73. The Hall–Kier alpha value is -2.42. The van der Waals surface area contributed by atoms with Crippen LogP contribution in [0.4, 0.5) is 0 Å². The molecule has 2 bridgehead atoms. The molecule has 24 heavy (non-hydrogen) atoms. The summed E-state index contributed by atoms with van der Waals surface area (Å²) in [5.74, 6) is 0.551. The number of hydrogen-bond donors (Lipinski definition) is 1. The van der Waals surface area contributed by atoms with Crippen LogP contribution in [0.15, 0.2) is 30.5 Å². The lowest BCUT2D eigenvalue weighted by atomic mass is 9.86. The van der Waals surface area contributed by atoms with Crippen LogP contribution < -0.4 is 0 Å². The zero-order chi connectivity index (χ0) is 16.8. The third-order valence-corrected chi connectivity index (χ3v) is 5.56. The Labute approximate surface area is 142 Å². The van der Waals surface area contributed by atoms with Crippen LogP contribution in [0.3, 0.4) is 0 Å². The number of aromatic carboxylic acids is 1. The number of allylic oxidation sites excluding steroid dienone is 1. The van der Waals surface area contributed by atoms with E-state index in [0.717, 1.165) is 17.4 Å². The van der Waals surface area contributed by atoms with E-state index in [4.69, 9.17) is 5.11 Å². The number of carboxylic acid groups (broad SMARTS) is 1. The molecular formula is C21H21NO2. The lowest BCUT2D eigenvalue weighted by Gasteiger charge is -2.18. The summed E-state index contributed by atoms with van der Waals surface area (Å²) in [5, 5.41) is 8.94. The zero-order valence-corrected chi connectivity index (χ0v) is 14.0. The van der Waals surface area contributed by atoms with Gasteiger partial charge in [0.25, 0.3) is 0 Å². The van der Waals surface area contributed by atoms with Crippen LogP contribution in [0.2, 0.25) is 0 Å². The van der Waals surface area contributed by atoms with Crippen molar-refractivity contribution in [3.8, 4) is 0 Å². The highest BCUT2D eigenvalue weighted by molar-refractivity contribution is 5.86. The second-order valence-corrected chi connectivity index (χ2v) is 7.11. The molecule has 2 aliphatic carbocycles. The fraction of sp³-hybridized carbons (Fsp3) is 0.333. The first kappa shape index (κ1) is 15.1. The van der Waals surface area contributed by atoms with Gasteiger partial charge in [0.05, 0.1) is 0 Å². The number of pyridine rings is 1. The standard InChI is InChI=1S/C21H21NO2/c1-12(7-14-3-6-20(21(23)24)22-11-14)17-10-19-16-5-4-15(9-16)18(19)8-13(17)2/h3,6-8,10-11,15-16H,4-5,9H2,1-2H3,(H,23,24)/b12-7+. The predicted octanol–water partition coefficient (Wildman–Crippen LogP) is 5.01. The maximum Gasteiger partial charge on any atom is 0.354 e. The van der Waals surface area contributed by atoms with Crippen LogP contribution >= 0.6 is 0 Å². The van der Waals surface area contributed by atoms with E-state index in [-0.39, 0.29) is 5.69 Å². The molecule has 3 heteroatoms. The normalized spacial score (nSPS) is 21.8. The van der Waals surface area contributed by atoms with Crippen molar-refractivity contribution in [3.63, 3.8) is 0 Å². The molecule has 0 aliphatic heterocycles. The molecule has 2 atom stereocenters. The average Bonchev–Trinajstić information content (AvgIpc) is 3.16. The van der Waals surface area contributed by atoms with Gasteiger partial charge in [-0.15, -0.1) is 0 Å². The first-order valence-corrected chi connectivity index (χ1v) is 8.55. The van der Waals surface area contributed by atoms with Gasteiger partial charge in [-0.05, 0) is 90.5 Å². The van der Waals surface area contributed by atoms with Gasteiger partial charge in [0.15, 0.2) is 0 Å². The molecule has 2 unspecified atom stereocenters. The third kappa shape index (κ3) is 2.44. The smallest absolute Gasteiger partial charge is 0.354 e. The highest BCUT2D eigenvalue weighted by Gasteiger charge is 2.37. The molecule has 4 rings (SSSR count). The van der Waals surface area contributed by atoms with Crippen LogP contribution in [0.5, 0.6) is 0 Å². The number of aryl methyl sites for hydroxylation is 1. The number of carbonyl (C=O) groups is 1. The van der Waals surface area contributed by atoms with E-state index in [1.54, 1.807) is 23.4 Å². The molecule has 2 aromatic rings. The fourth-order valence-electron chi connectivity index (χ4n) is 4.37. The summed E-state index contributed by atoms with van der Waals surface area (Å²) in [7, 11) is 0. The summed E-state index contributed by atoms with van der Waals surface area (Å²) in [4.78, 5) is 14.9. The molecule has 1 fully saturated rings. The van der Waals surface area contributed by atoms with Crippen LogP contribution in [0, 0.1) is 6.92 Å². The van der Waals surface area contributed by atoms with E-state index in [1.807, 2.05) is 6.07 Å². The average molecular weight is 319 g/mol. The molecule has 0 amide bonds. The molecule has 3 nitrogen and oxygen atoms in total. The van der Waals surface area contributed by atoms with E-state index < -0.39 is 5.97 Å². The van der Waals surface area contributed by atoms with Crippen molar-refractivity contribution in [3.05, 3.63) is 64.0 Å². The number of fused-ring (bicyclic) bond motifs is 5. The Kier molecular flexibility index (Phi) is 3.52. The lowest BCUT2D eigenvalue weighted by molar-refractivity contribution is 0.0690. The molecule has 0 saturated heterocycles. The van der Waals surface area contributed by atoms with E-state index in [0.29, 0.717) is 0 Å². The van der Waals surface area contributed by atoms with Gasteiger partial charge in [-0.2, -0.15) is 0 Å².